The second kappa shape index (κ2) is 5.86. The fourth-order valence-corrected chi connectivity index (χ4v) is 1.92. The van der Waals surface area contributed by atoms with Crippen LogP contribution in [0.3, 0.4) is 0 Å². The van der Waals surface area contributed by atoms with Crippen molar-refractivity contribution in [2.75, 3.05) is 5.73 Å². The predicted octanol–water partition coefficient (Wildman–Crippen LogP) is 1.76. The Morgan fingerprint density at radius 2 is 2.06 bits per heavy atom. The molecule has 0 aromatic heterocycles. The Bertz CT molecular complexity index is 488. The average Bonchev–Trinajstić information content (AvgIpc) is 2.29. The highest BCUT2D eigenvalue weighted by Crippen LogP contribution is 2.23. The number of nitrogens with two attached hydrogens (primary N) is 2. The lowest BCUT2D eigenvalue weighted by molar-refractivity contribution is -0.126. The molecule has 0 aliphatic rings. The fraction of sp³-hybridized carbons (Fsp3) is 0.333. The highest BCUT2D eigenvalue weighted by atomic mass is 79.9. The molecule has 6 heteroatoms. The lowest BCUT2D eigenvalue weighted by Gasteiger charge is -2.14. The topological polar surface area (TPSA) is 95.4 Å². The smallest absolute Gasteiger partial charge is 0.339 e. The zero-order valence-corrected chi connectivity index (χ0v) is 11.8. The number of carbonyl (C=O) groups excluding carboxylic acids is 2. The zero-order valence-electron chi connectivity index (χ0n) is 10.2. The Morgan fingerprint density at radius 1 is 1.44 bits per heavy atom. The number of primary amides is 1. The van der Waals surface area contributed by atoms with Gasteiger partial charge < -0.3 is 16.2 Å². The van der Waals surface area contributed by atoms with E-state index in [2.05, 4.69) is 15.9 Å². The minimum atomic E-state index is -0.919. The van der Waals surface area contributed by atoms with Crippen molar-refractivity contribution in [2.24, 2.45) is 5.73 Å². The molecule has 0 heterocycles. The molecule has 1 rings (SSSR count). The number of amides is 1. The largest absolute Gasteiger partial charge is 0.449 e. The van der Waals surface area contributed by atoms with Crippen molar-refractivity contribution in [1.82, 2.24) is 0 Å². The summed E-state index contributed by atoms with van der Waals surface area (Å²) in [6.45, 7) is 3.43. The second-order valence-electron chi connectivity index (χ2n) is 3.87. The van der Waals surface area contributed by atoms with E-state index in [0.717, 1.165) is 0 Å². The number of halogens is 1. The maximum absolute atomic E-state index is 11.9. The summed E-state index contributed by atoms with van der Waals surface area (Å²) >= 11 is 3.25. The summed E-state index contributed by atoms with van der Waals surface area (Å²) in [7, 11) is 0. The number of carbonyl (C=O) groups is 2. The molecule has 0 saturated carbocycles. The van der Waals surface area contributed by atoms with E-state index in [-0.39, 0.29) is 0 Å². The van der Waals surface area contributed by atoms with Gasteiger partial charge in [0.05, 0.1) is 5.56 Å². The molecule has 5 nitrogen and oxygen atoms in total. The van der Waals surface area contributed by atoms with Gasteiger partial charge in [-0.3, -0.25) is 4.79 Å². The monoisotopic (exact) mass is 314 g/mol. The van der Waals surface area contributed by atoms with E-state index >= 15 is 0 Å². The number of benzene rings is 1. The quantitative estimate of drug-likeness (QED) is 0.654. The molecule has 0 aliphatic heterocycles. The molecule has 0 bridgehead atoms. The molecule has 1 unspecified atom stereocenters. The Balaban J connectivity index is 3.01. The van der Waals surface area contributed by atoms with E-state index in [1.807, 2.05) is 0 Å². The maximum atomic E-state index is 11.9. The van der Waals surface area contributed by atoms with Crippen LogP contribution in [0, 0.1) is 6.92 Å². The lowest BCUT2D eigenvalue weighted by atomic mass is 10.1. The molecule has 0 spiro atoms. The number of anilines is 1. The maximum Gasteiger partial charge on any atom is 0.339 e. The molecule has 4 N–H and O–H groups in total. The standard InChI is InChI=1S/C12H15BrN2O3/c1-3-10(11(15)16)18-12(17)8-4-7(13)5-9(14)6(8)2/h4-5,10H,3,14H2,1-2H3,(H2,15,16). The van der Waals surface area contributed by atoms with E-state index in [1.54, 1.807) is 26.0 Å². The molecular weight excluding hydrogens is 300 g/mol. The molecule has 1 aromatic rings. The summed E-state index contributed by atoms with van der Waals surface area (Å²) in [6, 6.07) is 3.29. The molecule has 0 fully saturated rings. The van der Waals surface area contributed by atoms with Gasteiger partial charge in [0, 0.05) is 10.2 Å². The number of ether oxygens (including phenoxy) is 1. The van der Waals surface area contributed by atoms with Gasteiger partial charge in [0.1, 0.15) is 0 Å². The molecule has 18 heavy (non-hydrogen) atoms. The third-order valence-corrected chi connectivity index (χ3v) is 3.03. The van der Waals surface area contributed by atoms with Gasteiger partial charge in [-0.25, -0.2) is 4.79 Å². The number of hydrogen-bond donors (Lipinski definition) is 2. The molecule has 1 atom stereocenters. The Kier molecular flexibility index (Phi) is 4.72. The summed E-state index contributed by atoms with van der Waals surface area (Å²) < 4.78 is 5.72. The summed E-state index contributed by atoms with van der Waals surface area (Å²) in [5.74, 6) is -1.27. The van der Waals surface area contributed by atoms with Gasteiger partial charge in [-0.1, -0.05) is 22.9 Å². The SMILES string of the molecule is CCC(OC(=O)c1cc(Br)cc(N)c1C)C(N)=O. The summed E-state index contributed by atoms with van der Waals surface area (Å²) in [5.41, 5.74) is 12.3. The van der Waals surface area contributed by atoms with Crippen LogP contribution in [0.5, 0.6) is 0 Å². The molecule has 1 aromatic carbocycles. The number of esters is 1. The first-order valence-electron chi connectivity index (χ1n) is 5.42. The van der Waals surface area contributed by atoms with E-state index in [4.69, 9.17) is 16.2 Å². The summed E-state index contributed by atoms with van der Waals surface area (Å²) in [4.78, 5) is 23.0. The normalized spacial score (nSPS) is 11.9. The molecule has 0 aliphatic carbocycles. The minimum absolute atomic E-state index is 0.321. The molecule has 0 saturated heterocycles. The highest BCUT2D eigenvalue weighted by Gasteiger charge is 2.21. The van der Waals surface area contributed by atoms with Gasteiger partial charge in [0.2, 0.25) is 0 Å². The van der Waals surface area contributed by atoms with Crippen LogP contribution < -0.4 is 11.5 Å². The Morgan fingerprint density at radius 3 is 2.56 bits per heavy atom. The fourth-order valence-electron chi connectivity index (χ4n) is 1.45. The average molecular weight is 315 g/mol. The third-order valence-electron chi connectivity index (χ3n) is 2.57. The van der Waals surface area contributed by atoms with Gasteiger partial charge >= 0.3 is 5.97 Å². The molecule has 98 valence electrons. The molecule has 1 amide bonds. The van der Waals surface area contributed by atoms with Crippen molar-refractivity contribution in [3.63, 3.8) is 0 Å². The van der Waals surface area contributed by atoms with Crippen LogP contribution >= 0.6 is 15.9 Å². The Hall–Kier alpha value is -1.56. The van der Waals surface area contributed by atoms with Crippen LogP contribution in [-0.2, 0) is 9.53 Å². The predicted molar refractivity (Wildman–Crippen MR) is 72.0 cm³/mol. The second-order valence-corrected chi connectivity index (χ2v) is 4.79. The van der Waals surface area contributed by atoms with Crippen LogP contribution in [0.2, 0.25) is 0 Å². The first kappa shape index (κ1) is 14.5. The van der Waals surface area contributed by atoms with Crippen molar-refractivity contribution in [1.29, 1.82) is 0 Å². The van der Waals surface area contributed by atoms with E-state index in [1.165, 1.54) is 0 Å². The van der Waals surface area contributed by atoms with Crippen LogP contribution in [0.15, 0.2) is 16.6 Å². The summed E-state index contributed by atoms with van der Waals surface area (Å²) in [5, 5.41) is 0. The first-order valence-corrected chi connectivity index (χ1v) is 6.22. The van der Waals surface area contributed by atoms with E-state index in [0.29, 0.717) is 27.7 Å². The van der Waals surface area contributed by atoms with Crippen molar-refractivity contribution >= 4 is 33.5 Å². The van der Waals surface area contributed by atoms with Crippen molar-refractivity contribution < 1.29 is 14.3 Å². The number of nitrogen functional groups attached to an aromatic ring is 1. The molecule has 0 radical (unpaired) electrons. The summed E-state index contributed by atoms with van der Waals surface area (Å²) in [6.07, 6.45) is -0.582. The van der Waals surface area contributed by atoms with Crippen molar-refractivity contribution in [2.45, 2.75) is 26.4 Å². The van der Waals surface area contributed by atoms with Gasteiger partial charge in [-0.15, -0.1) is 0 Å². The van der Waals surface area contributed by atoms with Crippen molar-refractivity contribution in [3.8, 4) is 0 Å². The van der Waals surface area contributed by atoms with E-state index < -0.39 is 18.0 Å². The van der Waals surface area contributed by atoms with Crippen LogP contribution in [0.25, 0.3) is 0 Å². The lowest BCUT2D eigenvalue weighted by Crippen LogP contribution is -2.32. The minimum Gasteiger partial charge on any atom is -0.449 e. The van der Waals surface area contributed by atoms with Gasteiger partial charge in [0.15, 0.2) is 6.10 Å². The number of rotatable bonds is 4. The van der Waals surface area contributed by atoms with Gasteiger partial charge in [-0.2, -0.15) is 0 Å². The van der Waals surface area contributed by atoms with Crippen LogP contribution in [0.4, 0.5) is 5.69 Å². The van der Waals surface area contributed by atoms with E-state index in [9.17, 15) is 9.59 Å². The van der Waals surface area contributed by atoms with Crippen molar-refractivity contribution in [3.05, 3.63) is 27.7 Å². The van der Waals surface area contributed by atoms with Crippen LogP contribution in [-0.4, -0.2) is 18.0 Å². The molecular formula is C12H15BrN2O3. The Labute approximate surface area is 114 Å². The number of hydrogen-bond acceptors (Lipinski definition) is 4. The first-order chi connectivity index (χ1) is 8.36. The van der Waals surface area contributed by atoms with Crippen LogP contribution in [0.1, 0.15) is 29.3 Å². The van der Waals surface area contributed by atoms with Gasteiger partial charge in [-0.05, 0) is 31.0 Å². The zero-order chi connectivity index (χ0) is 13.9. The van der Waals surface area contributed by atoms with Gasteiger partial charge in [0.25, 0.3) is 5.91 Å². The third kappa shape index (κ3) is 3.22. The highest BCUT2D eigenvalue weighted by molar-refractivity contribution is 9.10.